The number of likely N-dealkylation sites (tertiary alicyclic amines) is 1. The summed E-state index contributed by atoms with van der Waals surface area (Å²) in [4.78, 5) is 29.2. The van der Waals surface area contributed by atoms with Gasteiger partial charge in [0.05, 0.1) is 18.4 Å². The minimum absolute atomic E-state index is 0.0275. The maximum atomic E-state index is 14.9. The highest BCUT2D eigenvalue weighted by molar-refractivity contribution is 7.88. The SMILES string of the molecule is CS(=O)(=O)N(OC(=O)C(F)(F)F)C(=O)c1ccc(OCC2CCN(Cc3cc(Cl)cc(OC(F)(F)F)c3)CC2)c(Cl)c1F. The first-order valence-corrected chi connectivity index (χ1v) is 14.6. The second-order valence-electron chi connectivity index (χ2n) is 9.28. The fourth-order valence-electron chi connectivity index (χ4n) is 3.98. The molecule has 0 aliphatic carbocycles. The number of ether oxygens (including phenoxy) is 2. The van der Waals surface area contributed by atoms with E-state index in [0.717, 1.165) is 12.1 Å². The predicted molar refractivity (Wildman–Crippen MR) is 136 cm³/mol. The zero-order valence-corrected chi connectivity index (χ0v) is 24.1. The van der Waals surface area contributed by atoms with Crippen LogP contribution in [0.3, 0.4) is 0 Å². The number of sulfonamides is 1. The molecule has 1 aliphatic heterocycles. The summed E-state index contributed by atoms with van der Waals surface area (Å²) in [6.07, 6.45) is -9.14. The zero-order chi connectivity index (χ0) is 32.3. The lowest BCUT2D eigenvalue weighted by Crippen LogP contribution is -2.42. The highest BCUT2D eigenvalue weighted by Crippen LogP contribution is 2.33. The molecule has 238 valence electrons. The summed E-state index contributed by atoms with van der Waals surface area (Å²) in [5, 5.41) is -0.708. The van der Waals surface area contributed by atoms with Crippen LogP contribution in [0.4, 0.5) is 30.7 Å². The number of hydroxylamine groups is 1. The van der Waals surface area contributed by atoms with Gasteiger partial charge < -0.3 is 14.3 Å². The molecule has 0 bridgehead atoms. The van der Waals surface area contributed by atoms with Crippen LogP contribution in [0.15, 0.2) is 30.3 Å². The Morgan fingerprint density at radius 2 is 1.67 bits per heavy atom. The maximum Gasteiger partial charge on any atom is 0.573 e. The van der Waals surface area contributed by atoms with Crippen molar-refractivity contribution in [2.75, 3.05) is 26.0 Å². The molecule has 0 N–H and O–H groups in total. The molecular formula is C24H21Cl2F7N2O7S. The van der Waals surface area contributed by atoms with E-state index in [4.69, 9.17) is 27.9 Å². The summed E-state index contributed by atoms with van der Waals surface area (Å²) in [5.74, 6) is -7.28. The van der Waals surface area contributed by atoms with Crippen LogP contribution < -0.4 is 9.47 Å². The molecule has 1 amide bonds. The molecule has 1 fully saturated rings. The van der Waals surface area contributed by atoms with E-state index in [1.54, 1.807) is 0 Å². The Hall–Kier alpha value is -3.02. The van der Waals surface area contributed by atoms with E-state index in [9.17, 15) is 48.7 Å². The van der Waals surface area contributed by atoms with Crippen molar-refractivity contribution >= 4 is 45.1 Å². The molecule has 0 atom stereocenters. The Morgan fingerprint density at radius 1 is 1.05 bits per heavy atom. The van der Waals surface area contributed by atoms with E-state index in [0.29, 0.717) is 37.6 Å². The maximum absolute atomic E-state index is 14.9. The molecular weight excluding hydrogens is 664 g/mol. The molecule has 0 aromatic heterocycles. The highest BCUT2D eigenvalue weighted by atomic mass is 35.5. The third kappa shape index (κ3) is 9.74. The Labute approximate surface area is 250 Å². The van der Waals surface area contributed by atoms with Gasteiger partial charge in [-0.1, -0.05) is 27.7 Å². The molecule has 0 radical (unpaired) electrons. The highest BCUT2D eigenvalue weighted by Gasteiger charge is 2.45. The van der Waals surface area contributed by atoms with Crippen molar-refractivity contribution in [1.82, 2.24) is 9.37 Å². The van der Waals surface area contributed by atoms with E-state index in [1.807, 2.05) is 4.90 Å². The van der Waals surface area contributed by atoms with E-state index in [2.05, 4.69) is 9.57 Å². The standard InChI is InChI=1S/C24H21Cl2F7N2O7S/c1-43(38,39)35(42-22(37)23(28,29)30)21(36)17-2-3-18(19(26)20(17)27)40-12-13-4-6-34(7-5-13)11-14-8-15(25)10-16(9-14)41-24(31,32)33/h2-3,8-10,13H,4-7,11-12H2,1H3. The van der Waals surface area contributed by atoms with Crippen LogP contribution in [0.25, 0.3) is 0 Å². The summed E-state index contributed by atoms with van der Waals surface area (Å²) in [5.41, 5.74) is -0.614. The minimum atomic E-state index is -5.66. The number of rotatable bonds is 8. The number of hydrogen-bond acceptors (Lipinski definition) is 8. The summed E-state index contributed by atoms with van der Waals surface area (Å²) >= 11 is 11.8. The Bertz CT molecular complexity index is 1470. The molecule has 43 heavy (non-hydrogen) atoms. The summed E-state index contributed by atoms with van der Waals surface area (Å²) in [6.45, 7) is 1.35. The fourth-order valence-corrected chi connectivity index (χ4v) is 5.04. The van der Waals surface area contributed by atoms with Gasteiger partial charge in [-0.05, 0) is 67.7 Å². The summed E-state index contributed by atoms with van der Waals surface area (Å²) < 4.78 is 122. The number of alkyl halides is 6. The Morgan fingerprint density at radius 3 is 2.23 bits per heavy atom. The number of halogens is 9. The lowest BCUT2D eigenvalue weighted by atomic mass is 9.97. The monoisotopic (exact) mass is 684 g/mol. The Kier molecular flexibility index (Phi) is 10.7. The fraction of sp³-hybridized carbons (Fsp3) is 0.417. The van der Waals surface area contributed by atoms with Gasteiger partial charge in [0, 0.05) is 11.6 Å². The van der Waals surface area contributed by atoms with Crippen LogP contribution in [-0.4, -0.2) is 68.2 Å². The number of hydrogen-bond donors (Lipinski definition) is 0. The van der Waals surface area contributed by atoms with E-state index < -0.39 is 61.1 Å². The molecule has 0 spiro atoms. The quantitative estimate of drug-likeness (QED) is 0.256. The van der Waals surface area contributed by atoms with Crippen molar-refractivity contribution in [3.8, 4) is 11.5 Å². The van der Waals surface area contributed by atoms with E-state index in [-0.39, 0.29) is 36.1 Å². The van der Waals surface area contributed by atoms with E-state index >= 15 is 0 Å². The average molecular weight is 685 g/mol. The molecule has 1 saturated heterocycles. The van der Waals surface area contributed by atoms with Gasteiger partial charge in [-0.2, -0.15) is 13.2 Å². The van der Waals surface area contributed by atoms with Crippen molar-refractivity contribution in [1.29, 1.82) is 0 Å². The first kappa shape index (κ1) is 34.5. The van der Waals surface area contributed by atoms with Crippen LogP contribution in [0.1, 0.15) is 28.8 Å². The lowest BCUT2D eigenvalue weighted by molar-refractivity contribution is -0.274. The number of piperidine rings is 1. The number of carbonyl (C=O) groups is 2. The number of amides is 1. The van der Waals surface area contributed by atoms with Gasteiger partial charge in [0.25, 0.3) is 10.0 Å². The zero-order valence-electron chi connectivity index (χ0n) is 21.8. The van der Waals surface area contributed by atoms with Crippen molar-refractivity contribution in [2.45, 2.75) is 31.9 Å². The van der Waals surface area contributed by atoms with Gasteiger partial charge >= 0.3 is 24.4 Å². The van der Waals surface area contributed by atoms with Crippen molar-refractivity contribution in [3.05, 3.63) is 57.3 Å². The molecule has 1 aliphatic rings. The van der Waals surface area contributed by atoms with E-state index in [1.165, 1.54) is 12.1 Å². The van der Waals surface area contributed by atoms with Gasteiger partial charge in [0.2, 0.25) is 0 Å². The number of carbonyl (C=O) groups excluding carboxylic acids is 2. The number of benzene rings is 2. The average Bonchev–Trinajstić information content (AvgIpc) is 2.86. The first-order valence-electron chi connectivity index (χ1n) is 12.0. The van der Waals surface area contributed by atoms with Crippen LogP contribution in [-0.2, 0) is 26.2 Å². The first-order chi connectivity index (χ1) is 19.7. The third-order valence-corrected chi connectivity index (χ3v) is 7.31. The molecule has 0 unspecified atom stereocenters. The second-order valence-corrected chi connectivity index (χ2v) is 11.9. The van der Waals surface area contributed by atoms with Crippen LogP contribution in [0.5, 0.6) is 11.5 Å². The topological polar surface area (TPSA) is 102 Å². The largest absolute Gasteiger partial charge is 0.573 e. The second kappa shape index (κ2) is 13.3. The number of nitrogens with zero attached hydrogens (tertiary/aromatic N) is 2. The van der Waals surface area contributed by atoms with Crippen LogP contribution in [0, 0.1) is 11.7 Å². The van der Waals surface area contributed by atoms with Crippen LogP contribution in [0.2, 0.25) is 10.0 Å². The molecule has 9 nitrogen and oxygen atoms in total. The Balaban J connectivity index is 1.60. The van der Waals surface area contributed by atoms with Crippen molar-refractivity contribution < 1.29 is 63.1 Å². The molecule has 0 saturated carbocycles. The predicted octanol–water partition coefficient (Wildman–Crippen LogP) is 5.74. The molecule has 1 heterocycles. The van der Waals surface area contributed by atoms with Gasteiger partial charge in [-0.3, -0.25) is 9.69 Å². The van der Waals surface area contributed by atoms with Gasteiger partial charge in [-0.15, -0.1) is 13.2 Å². The lowest BCUT2D eigenvalue weighted by Gasteiger charge is -2.32. The molecule has 2 aromatic carbocycles. The minimum Gasteiger partial charge on any atom is -0.492 e. The third-order valence-electron chi connectivity index (χ3n) is 5.89. The smallest absolute Gasteiger partial charge is 0.492 e. The van der Waals surface area contributed by atoms with Gasteiger partial charge in [0.15, 0.2) is 5.82 Å². The summed E-state index contributed by atoms with van der Waals surface area (Å²) in [7, 11) is -4.93. The molecule has 3 rings (SSSR count). The van der Waals surface area contributed by atoms with Gasteiger partial charge in [-0.25, -0.2) is 17.6 Å². The molecule has 2 aromatic rings. The normalized spacial score (nSPS) is 15.2. The molecule has 19 heteroatoms. The van der Waals surface area contributed by atoms with Gasteiger partial charge in [0.1, 0.15) is 16.5 Å². The van der Waals surface area contributed by atoms with Crippen molar-refractivity contribution in [2.24, 2.45) is 5.92 Å². The van der Waals surface area contributed by atoms with Crippen molar-refractivity contribution in [3.63, 3.8) is 0 Å². The van der Waals surface area contributed by atoms with Crippen LogP contribution >= 0.6 is 23.2 Å². The summed E-state index contributed by atoms with van der Waals surface area (Å²) in [6, 6.07) is 5.47.